The van der Waals surface area contributed by atoms with Gasteiger partial charge in [0.1, 0.15) is 12.7 Å². The molecule has 8 nitrogen and oxygen atoms in total. The molecule has 168 valence electrons. The summed E-state index contributed by atoms with van der Waals surface area (Å²) in [4.78, 5) is 16.7. The van der Waals surface area contributed by atoms with Crippen LogP contribution in [0.2, 0.25) is 0 Å². The number of anilines is 1. The number of nitrogens with one attached hydrogen (secondary N) is 1. The first-order chi connectivity index (χ1) is 15.3. The molecule has 0 unspecified atom stereocenters. The van der Waals surface area contributed by atoms with E-state index < -0.39 is 10.0 Å². The predicted molar refractivity (Wildman–Crippen MR) is 122 cm³/mol. The van der Waals surface area contributed by atoms with E-state index in [2.05, 4.69) is 29.2 Å². The van der Waals surface area contributed by atoms with Crippen molar-refractivity contribution in [2.75, 3.05) is 18.4 Å². The molecule has 32 heavy (non-hydrogen) atoms. The third-order valence-electron chi connectivity index (χ3n) is 5.61. The van der Waals surface area contributed by atoms with Crippen LogP contribution in [-0.4, -0.2) is 46.5 Å². The van der Waals surface area contributed by atoms with Crippen LogP contribution in [0.5, 0.6) is 0 Å². The lowest BCUT2D eigenvalue weighted by atomic mass is 9.94. The number of aromatic nitrogens is 3. The third kappa shape index (κ3) is 5.05. The lowest BCUT2D eigenvalue weighted by Crippen LogP contribution is -2.42. The van der Waals surface area contributed by atoms with Gasteiger partial charge in [0.15, 0.2) is 0 Å². The molecular formula is C23H27N5O3S. The average molecular weight is 454 g/mol. The third-order valence-corrected chi connectivity index (χ3v) is 7.46. The highest BCUT2D eigenvalue weighted by atomic mass is 32.2. The van der Waals surface area contributed by atoms with E-state index in [1.54, 1.807) is 27.4 Å². The Morgan fingerprint density at radius 2 is 1.69 bits per heavy atom. The van der Waals surface area contributed by atoms with Crippen molar-refractivity contribution < 1.29 is 13.2 Å². The molecule has 4 rings (SSSR count). The van der Waals surface area contributed by atoms with Crippen molar-refractivity contribution in [3.05, 3.63) is 72.3 Å². The Labute approximate surface area is 188 Å². The van der Waals surface area contributed by atoms with Crippen LogP contribution < -0.4 is 5.32 Å². The molecule has 0 radical (unpaired) electrons. The Kier molecular flexibility index (Phi) is 6.38. The smallest absolute Gasteiger partial charge is 0.255 e. The first-order valence-corrected chi connectivity index (χ1v) is 12.1. The molecule has 1 N–H and O–H groups in total. The van der Waals surface area contributed by atoms with Gasteiger partial charge in [-0.3, -0.25) is 4.79 Å². The van der Waals surface area contributed by atoms with Crippen LogP contribution in [0.15, 0.2) is 66.1 Å². The van der Waals surface area contributed by atoms with Crippen molar-refractivity contribution in [2.24, 2.45) is 11.8 Å². The summed E-state index contributed by atoms with van der Waals surface area (Å²) in [6.45, 7) is 5.81. The molecule has 1 fully saturated rings. The average Bonchev–Trinajstić information content (AvgIpc) is 3.27. The molecule has 1 aromatic heterocycles. The Morgan fingerprint density at radius 1 is 1.03 bits per heavy atom. The molecule has 0 aliphatic carbocycles. The zero-order chi connectivity index (χ0) is 22.7. The second kappa shape index (κ2) is 9.22. The normalized spacial score (nSPS) is 19.6. The summed E-state index contributed by atoms with van der Waals surface area (Å²) in [5.41, 5.74) is 2.09. The van der Waals surface area contributed by atoms with Gasteiger partial charge in [-0.05, 0) is 60.2 Å². The summed E-state index contributed by atoms with van der Waals surface area (Å²) in [6, 6.07) is 13.6. The number of piperidine rings is 1. The quantitative estimate of drug-likeness (QED) is 0.618. The molecule has 0 bridgehead atoms. The number of hydrogen-bond donors (Lipinski definition) is 1. The van der Waals surface area contributed by atoms with Gasteiger partial charge < -0.3 is 5.32 Å². The van der Waals surface area contributed by atoms with Gasteiger partial charge >= 0.3 is 0 Å². The van der Waals surface area contributed by atoms with Crippen LogP contribution in [0.1, 0.15) is 36.2 Å². The molecule has 1 aliphatic rings. The van der Waals surface area contributed by atoms with Gasteiger partial charge in [0, 0.05) is 24.3 Å². The molecule has 1 aliphatic heterocycles. The van der Waals surface area contributed by atoms with Gasteiger partial charge in [0.05, 0.1) is 11.4 Å². The standard InChI is InChI=1S/C23H27N5O3S/c1-17-11-18(2)13-28(12-17)32(30,31)22-9-5-20(6-10-22)23(29)26-21-7-3-19(4-8-21)14-27-16-24-15-25-27/h3-10,15-18H,11-14H2,1-2H3,(H,26,29)/t17-,18-/m1/s1. The van der Waals surface area contributed by atoms with Crippen molar-refractivity contribution >= 4 is 21.6 Å². The fourth-order valence-electron chi connectivity index (χ4n) is 4.13. The molecule has 2 heterocycles. The first-order valence-electron chi connectivity index (χ1n) is 10.6. The van der Waals surface area contributed by atoms with Crippen molar-refractivity contribution in [3.63, 3.8) is 0 Å². The SMILES string of the molecule is C[C@@H]1C[C@@H](C)CN(S(=O)(=O)c2ccc(C(=O)Nc3ccc(Cn4cncn4)cc3)cc2)C1. The minimum absolute atomic E-state index is 0.216. The van der Waals surface area contributed by atoms with Gasteiger partial charge in [-0.1, -0.05) is 26.0 Å². The molecular weight excluding hydrogens is 426 g/mol. The molecule has 1 saturated heterocycles. The second-order valence-corrected chi connectivity index (χ2v) is 10.5. The summed E-state index contributed by atoms with van der Waals surface area (Å²) in [5, 5.41) is 6.92. The fraction of sp³-hybridized carbons (Fsp3) is 0.348. The van der Waals surface area contributed by atoms with Crippen LogP contribution in [0.4, 0.5) is 5.69 Å². The van der Waals surface area contributed by atoms with Gasteiger partial charge in [-0.15, -0.1) is 0 Å². The summed E-state index contributed by atoms with van der Waals surface area (Å²) in [7, 11) is -3.57. The highest BCUT2D eigenvalue weighted by Crippen LogP contribution is 2.27. The zero-order valence-corrected chi connectivity index (χ0v) is 19.0. The van der Waals surface area contributed by atoms with Crippen molar-refractivity contribution in [2.45, 2.75) is 31.7 Å². The van der Waals surface area contributed by atoms with E-state index in [9.17, 15) is 13.2 Å². The first kappa shape index (κ1) is 22.2. The number of carbonyl (C=O) groups excluding carboxylic acids is 1. The number of amides is 1. The maximum absolute atomic E-state index is 13.0. The van der Waals surface area contributed by atoms with E-state index in [1.807, 2.05) is 24.3 Å². The number of hydrogen-bond acceptors (Lipinski definition) is 5. The summed E-state index contributed by atoms with van der Waals surface area (Å²) < 4.78 is 29.3. The van der Waals surface area contributed by atoms with E-state index in [1.165, 1.54) is 18.5 Å². The monoisotopic (exact) mass is 453 g/mol. The maximum Gasteiger partial charge on any atom is 0.255 e. The van der Waals surface area contributed by atoms with Crippen LogP contribution in [-0.2, 0) is 16.6 Å². The minimum atomic E-state index is -3.57. The van der Waals surface area contributed by atoms with Gasteiger partial charge in [-0.2, -0.15) is 9.40 Å². The highest BCUT2D eigenvalue weighted by Gasteiger charge is 2.31. The number of rotatable bonds is 6. The van der Waals surface area contributed by atoms with Crippen LogP contribution >= 0.6 is 0 Å². The zero-order valence-electron chi connectivity index (χ0n) is 18.2. The van der Waals surface area contributed by atoms with Crippen molar-refractivity contribution in [1.29, 1.82) is 0 Å². The van der Waals surface area contributed by atoms with Gasteiger partial charge in [-0.25, -0.2) is 18.1 Å². The minimum Gasteiger partial charge on any atom is -0.322 e. The van der Waals surface area contributed by atoms with Gasteiger partial charge in [0.2, 0.25) is 10.0 Å². The van der Waals surface area contributed by atoms with Crippen molar-refractivity contribution in [1.82, 2.24) is 19.1 Å². The number of sulfonamides is 1. The van der Waals surface area contributed by atoms with Crippen LogP contribution in [0.3, 0.4) is 0 Å². The Balaban J connectivity index is 1.40. The topological polar surface area (TPSA) is 97.2 Å². The van der Waals surface area contributed by atoms with Crippen molar-refractivity contribution in [3.8, 4) is 0 Å². The molecule has 2 aromatic carbocycles. The summed E-state index contributed by atoms with van der Waals surface area (Å²) in [6.07, 6.45) is 4.16. The molecule has 0 spiro atoms. The van der Waals surface area contributed by atoms with E-state index in [4.69, 9.17) is 0 Å². The fourth-order valence-corrected chi connectivity index (χ4v) is 5.81. The van der Waals surface area contributed by atoms with E-state index in [-0.39, 0.29) is 10.8 Å². The molecule has 2 atom stereocenters. The number of carbonyl (C=O) groups is 1. The molecule has 9 heteroatoms. The summed E-state index contributed by atoms with van der Waals surface area (Å²) in [5.74, 6) is 0.376. The van der Waals surface area contributed by atoms with E-state index >= 15 is 0 Å². The van der Waals surface area contributed by atoms with Gasteiger partial charge in [0.25, 0.3) is 5.91 Å². The second-order valence-electron chi connectivity index (χ2n) is 8.54. The summed E-state index contributed by atoms with van der Waals surface area (Å²) >= 11 is 0. The van der Waals surface area contributed by atoms with E-state index in [0.717, 1.165) is 12.0 Å². The maximum atomic E-state index is 13.0. The molecule has 0 saturated carbocycles. The Morgan fingerprint density at radius 3 is 2.28 bits per heavy atom. The predicted octanol–water partition coefficient (Wildman–Crippen LogP) is 3.25. The molecule has 3 aromatic rings. The van der Waals surface area contributed by atoms with E-state index in [0.29, 0.717) is 42.7 Å². The van der Waals surface area contributed by atoms with Crippen LogP contribution in [0, 0.1) is 11.8 Å². The number of benzene rings is 2. The Hall–Kier alpha value is -3.04. The lowest BCUT2D eigenvalue weighted by molar-refractivity contribution is 0.102. The van der Waals surface area contributed by atoms with Crippen LogP contribution in [0.25, 0.3) is 0 Å². The number of nitrogens with zero attached hydrogens (tertiary/aromatic N) is 4. The Bertz CT molecular complexity index is 1150. The largest absolute Gasteiger partial charge is 0.322 e. The molecule has 1 amide bonds. The lowest BCUT2D eigenvalue weighted by Gasteiger charge is -2.34. The highest BCUT2D eigenvalue weighted by molar-refractivity contribution is 7.89.